The van der Waals surface area contributed by atoms with Crippen molar-refractivity contribution in [2.45, 2.75) is 0 Å². The number of para-hydroxylation sites is 1. The van der Waals surface area contributed by atoms with E-state index in [2.05, 4.69) is 24.3 Å². The second-order valence-corrected chi connectivity index (χ2v) is 6.21. The van der Waals surface area contributed by atoms with Crippen LogP contribution >= 0.6 is 0 Å². The molecule has 2 heterocycles. The van der Waals surface area contributed by atoms with Crippen LogP contribution in [-0.4, -0.2) is 14.6 Å². The molecular formula is C22H16N4. The number of hydrogen-bond acceptors (Lipinski definition) is 3. The van der Waals surface area contributed by atoms with Gasteiger partial charge in [0.15, 0.2) is 5.65 Å². The highest BCUT2D eigenvalue weighted by Gasteiger charge is 2.19. The molecule has 3 aromatic carbocycles. The van der Waals surface area contributed by atoms with Crippen molar-refractivity contribution in [3.8, 4) is 22.4 Å². The third-order valence-electron chi connectivity index (χ3n) is 4.61. The van der Waals surface area contributed by atoms with Crippen LogP contribution in [0.2, 0.25) is 0 Å². The Kier molecular flexibility index (Phi) is 3.22. The van der Waals surface area contributed by atoms with Crippen molar-refractivity contribution in [1.29, 1.82) is 0 Å². The van der Waals surface area contributed by atoms with Gasteiger partial charge in [-0.1, -0.05) is 72.8 Å². The highest BCUT2D eigenvalue weighted by molar-refractivity contribution is 5.96. The first-order valence-corrected chi connectivity index (χ1v) is 8.51. The van der Waals surface area contributed by atoms with Crippen LogP contribution in [-0.2, 0) is 0 Å². The van der Waals surface area contributed by atoms with Gasteiger partial charge < -0.3 is 5.73 Å². The lowest BCUT2D eigenvalue weighted by atomic mass is 10.0. The molecule has 0 spiro atoms. The molecular weight excluding hydrogens is 320 g/mol. The molecule has 0 atom stereocenters. The number of nitrogens with zero attached hydrogens (tertiary/aromatic N) is 3. The first kappa shape index (κ1) is 14.7. The van der Waals surface area contributed by atoms with Crippen LogP contribution in [0.1, 0.15) is 0 Å². The standard InChI is InChI=1S/C22H16N4/c23-21-17-13-7-8-14-18(17)24-22-19(15-9-3-1-4-10-15)20(25-26(21)22)16-11-5-2-6-12-16/h1-14H,23H2. The summed E-state index contributed by atoms with van der Waals surface area (Å²) >= 11 is 0. The van der Waals surface area contributed by atoms with Crippen LogP contribution in [0.3, 0.4) is 0 Å². The molecule has 0 unspecified atom stereocenters. The average molecular weight is 336 g/mol. The molecule has 2 N–H and O–H groups in total. The van der Waals surface area contributed by atoms with E-state index in [4.69, 9.17) is 15.8 Å². The van der Waals surface area contributed by atoms with Gasteiger partial charge in [-0.15, -0.1) is 0 Å². The Hall–Kier alpha value is -3.66. The molecule has 0 aliphatic carbocycles. The Balaban J connectivity index is 1.95. The van der Waals surface area contributed by atoms with Gasteiger partial charge in [-0.2, -0.15) is 9.61 Å². The van der Waals surface area contributed by atoms with Crippen molar-refractivity contribution in [2.75, 3.05) is 5.73 Å². The number of rotatable bonds is 2. The summed E-state index contributed by atoms with van der Waals surface area (Å²) in [5.41, 5.74) is 12.1. The zero-order chi connectivity index (χ0) is 17.5. The van der Waals surface area contributed by atoms with Gasteiger partial charge in [-0.3, -0.25) is 0 Å². The van der Waals surface area contributed by atoms with E-state index in [0.717, 1.165) is 38.9 Å². The molecule has 5 aromatic rings. The molecule has 5 rings (SSSR count). The summed E-state index contributed by atoms with van der Waals surface area (Å²) in [5, 5.41) is 5.74. The average Bonchev–Trinajstić information content (AvgIpc) is 3.09. The lowest BCUT2D eigenvalue weighted by Gasteiger charge is -2.05. The van der Waals surface area contributed by atoms with Crippen molar-refractivity contribution >= 4 is 22.4 Å². The minimum absolute atomic E-state index is 0.602. The number of anilines is 1. The predicted octanol–water partition coefficient (Wildman–Crippen LogP) is 4.80. The second-order valence-electron chi connectivity index (χ2n) is 6.21. The van der Waals surface area contributed by atoms with Crippen LogP contribution in [0.4, 0.5) is 5.82 Å². The van der Waals surface area contributed by atoms with Crippen molar-refractivity contribution in [2.24, 2.45) is 0 Å². The lowest BCUT2D eigenvalue weighted by Crippen LogP contribution is -2.01. The number of aromatic nitrogens is 3. The van der Waals surface area contributed by atoms with Crippen LogP contribution in [0.5, 0.6) is 0 Å². The normalized spacial score (nSPS) is 11.2. The summed E-state index contributed by atoms with van der Waals surface area (Å²) in [4.78, 5) is 4.88. The van der Waals surface area contributed by atoms with Gasteiger partial charge in [0.1, 0.15) is 11.5 Å². The summed E-state index contributed by atoms with van der Waals surface area (Å²) in [6.45, 7) is 0. The quantitative estimate of drug-likeness (QED) is 0.504. The Morgan fingerprint density at radius 2 is 1.31 bits per heavy atom. The molecule has 0 saturated carbocycles. The Labute approximate surface area is 150 Å². The minimum Gasteiger partial charge on any atom is -0.383 e. The SMILES string of the molecule is Nc1c2ccccc2nc2c(-c3ccccc3)c(-c3ccccc3)nn12. The van der Waals surface area contributed by atoms with E-state index in [1.54, 1.807) is 4.52 Å². The zero-order valence-electron chi connectivity index (χ0n) is 14.0. The Morgan fingerprint density at radius 1 is 0.692 bits per heavy atom. The molecule has 4 heteroatoms. The molecule has 0 amide bonds. The lowest BCUT2D eigenvalue weighted by molar-refractivity contribution is 0.969. The number of nitrogen functional groups attached to an aromatic ring is 1. The second kappa shape index (κ2) is 5.70. The molecule has 0 aliphatic heterocycles. The maximum atomic E-state index is 6.45. The molecule has 0 bridgehead atoms. The fourth-order valence-electron chi connectivity index (χ4n) is 3.37. The fourth-order valence-corrected chi connectivity index (χ4v) is 3.37. The van der Waals surface area contributed by atoms with Crippen molar-refractivity contribution in [3.63, 3.8) is 0 Å². The van der Waals surface area contributed by atoms with E-state index in [1.165, 1.54) is 0 Å². The minimum atomic E-state index is 0.602. The van der Waals surface area contributed by atoms with E-state index >= 15 is 0 Å². The van der Waals surface area contributed by atoms with Gasteiger partial charge in [0.05, 0.1) is 11.1 Å². The molecule has 0 saturated heterocycles. The maximum Gasteiger partial charge on any atom is 0.166 e. The smallest absolute Gasteiger partial charge is 0.166 e. The summed E-state index contributed by atoms with van der Waals surface area (Å²) in [6, 6.07) is 28.3. The van der Waals surface area contributed by atoms with E-state index in [1.807, 2.05) is 60.7 Å². The van der Waals surface area contributed by atoms with Gasteiger partial charge in [-0.25, -0.2) is 4.98 Å². The number of fused-ring (bicyclic) bond motifs is 2. The topological polar surface area (TPSA) is 56.2 Å². The predicted molar refractivity (Wildman–Crippen MR) is 106 cm³/mol. The van der Waals surface area contributed by atoms with Gasteiger partial charge >= 0.3 is 0 Å². The molecule has 4 nitrogen and oxygen atoms in total. The van der Waals surface area contributed by atoms with Gasteiger partial charge in [0.2, 0.25) is 0 Å². The van der Waals surface area contributed by atoms with Crippen molar-refractivity contribution in [1.82, 2.24) is 14.6 Å². The zero-order valence-corrected chi connectivity index (χ0v) is 14.0. The Bertz CT molecular complexity index is 1220. The molecule has 26 heavy (non-hydrogen) atoms. The summed E-state index contributed by atoms with van der Waals surface area (Å²) in [7, 11) is 0. The van der Waals surface area contributed by atoms with Crippen LogP contribution < -0.4 is 5.73 Å². The van der Waals surface area contributed by atoms with E-state index in [9.17, 15) is 0 Å². The van der Waals surface area contributed by atoms with Crippen LogP contribution in [0, 0.1) is 0 Å². The fraction of sp³-hybridized carbons (Fsp3) is 0. The number of benzene rings is 3. The van der Waals surface area contributed by atoms with E-state index in [-0.39, 0.29) is 0 Å². The van der Waals surface area contributed by atoms with Crippen LogP contribution in [0.25, 0.3) is 38.9 Å². The van der Waals surface area contributed by atoms with Crippen molar-refractivity contribution in [3.05, 3.63) is 84.9 Å². The Morgan fingerprint density at radius 3 is 2.04 bits per heavy atom. The highest BCUT2D eigenvalue weighted by atomic mass is 15.3. The summed E-state index contributed by atoms with van der Waals surface area (Å²) in [6.07, 6.45) is 0. The van der Waals surface area contributed by atoms with Gasteiger partial charge in [-0.05, 0) is 17.7 Å². The molecule has 0 fully saturated rings. The van der Waals surface area contributed by atoms with Gasteiger partial charge in [0, 0.05) is 10.9 Å². The summed E-state index contributed by atoms with van der Waals surface area (Å²) in [5.74, 6) is 0.602. The largest absolute Gasteiger partial charge is 0.383 e. The van der Waals surface area contributed by atoms with E-state index in [0.29, 0.717) is 5.82 Å². The monoisotopic (exact) mass is 336 g/mol. The first-order chi connectivity index (χ1) is 12.8. The van der Waals surface area contributed by atoms with Crippen LogP contribution in [0.15, 0.2) is 84.9 Å². The molecule has 2 aromatic heterocycles. The number of nitrogens with two attached hydrogens (primary N) is 1. The molecule has 0 radical (unpaired) electrons. The molecule has 124 valence electrons. The van der Waals surface area contributed by atoms with E-state index < -0.39 is 0 Å². The van der Waals surface area contributed by atoms with Crippen molar-refractivity contribution < 1.29 is 0 Å². The maximum absolute atomic E-state index is 6.45. The highest BCUT2D eigenvalue weighted by Crippen LogP contribution is 2.36. The third kappa shape index (κ3) is 2.16. The van der Waals surface area contributed by atoms with Gasteiger partial charge in [0.25, 0.3) is 0 Å². The number of hydrogen-bond donors (Lipinski definition) is 1. The third-order valence-corrected chi connectivity index (χ3v) is 4.61. The molecule has 0 aliphatic rings. The first-order valence-electron chi connectivity index (χ1n) is 8.51. The summed E-state index contributed by atoms with van der Waals surface area (Å²) < 4.78 is 1.76.